The summed E-state index contributed by atoms with van der Waals surface area (Å²) in [6.07, 6.45) is 3.77. The van der Waals surface area contributed by atoms with E-state index < -0.39 is 18.1 Å². The van der Waals surface area contributed by atoms with E-state index in [0.29, 0.717) is 18.1 Å². The average Bonchev–Trinajstić information content (AvgIpc) is 3.31. The monoisotopic (exact) mass is 474 g/mol. The van der Waals surface area contributed by atoms with E-state index in [4.69, 9.17) is 4.99 Å². The number of amides is 3. The van der Waals surface area contributed by atoms with Crippen LogP contribution in [-0.4, -0.2) is 41.7 Å². The number of hydrogen-bond donors (Lipinski definition) is 2. The summed E-state index contributed by atoms with van der Waals surface area (Å²) in [6, 6.07) is 16.4. The maximum Gasteiger partial charge on any atom is 0.272 e. The zero-order valence-electron chi connectivity index (χ0n) is 20.7. The van der Waals surface area contributed by atoms with E-state index in [1.165, 1.54) is 0 Å². The van der Waals surface area contributed by atoms with Gasteiger partial charge in [0.05, 0.1) is 11.4 Å². The minimum absolute atomic E-state index is 0.128. The Hall–Kier alpha value is -3.48. The number of fused-ring (bicyclic) bond motifs is 1. The van der Waals surface area contributed by atoms with Gasteiger partial charge in [0.1, 0.15) is 6.04 Å². The third kappa shape index (κ3) is 5.61. The van der Waals surface area contributed by atoms with Crippen LogP contribution in [-0.2, 0) is 14.4 Å². The Balaban J connectivity index is 1.60. The summed E-state index contributed by atoms with van der Waals surface area (Å²) in [5.41, 5.74) is 3.08. The highest BCUT2D eigenvalue weighted by Gasteiger charge is 2.35. The van der Waals surface area contributed by atoms with Crippen LogP contribution in [0.25, 0.3) is 0 Å². The van der Waals surface area contributed by atoms with Gasteiger partial charge >= 0.3 is 0 Å². The number of benzodiazepines with no additional fused rings is 1. The fraction of sp³-hybridized carbons (Fsp3) is 0.429. The molecule has 1 aliphatic heterocycles. The Kier molecular flexibility index (Phi) is 7.63. The first-order chi connectivity index (χ1) is 16.8. The summed E-state index contributed by atoms with van der Waals surface area (Å²) < 4.78 is 0. The number of para-hydroxylation sites is 1. The first kappa shape index (κ1) is 24.6. The summed E-state index contributed by atoms with van der Waals surface area (Å²) in [6.45, 7) is 5.51. The van der Waals surface area contributed by atoms with Gasteiger partial charge in [0.25, 0.3) is 5.91 Å². The lowest BCUT2D eigenvalue weighted by molar-refractivity contribution is -0.131. The Morgan fingerprint density at radius 3 is 2.34 bits per heavy atom. The van der Waals surface area contributed by atoms with Gasteiger partial charge in [-0.15, -0.1) is 0 Å². The molecule has 0 bridgehead atoms. The molecule has 2 aromatic carbocycles. The molecular weight excluding hydrogens is 440 g/mol. The zero-order chi connectivity index (χ0) is 24.9. The van der Waals surface area contributed by atoms with Gasteiger partial charge in [0.15, 0.2) is 0 Å². The summed E-state index contributed by atoms with van der Waals surface area (Å²) in [5.74, 6) is -0.480. The SMILES string of the molecule is CC(C)N1C(=O)[C@@H](NC(=O)[C@H](C)NC(=O)CC2CCCC2)N=C(c2ccccc2)c2ccccc21. The van der Waals surface area contributed by atoms with Crippen molar-refractivity contribution in [2.24, 2.45) is 10.9 Å². The van der Waals surface area contributed by atoms with Crippen molar-refractivity contribution >= 4 is 29.1 Å². The van der Waals surface area contributed by atoms with E-state index in [0.717, 1.165) is 42.5 Å². The molecule has 3 amide bonds. The van der Waals surface area contributed by atoms with Gasteiger partial charge in [0.2, 0.25) is 18.0 Å². The minimum atomic E-state index is -1.11. The molecule has 184 valence electrons. The summed E-state index contributed by atoms with van der Waals surface area (Å²) >= 11 is 0. The van der Waals surface area contributed by atoms with E-state index in [1.807, 2.05) is 68.4 Å². The van der Waals surface area contributed by atoms with Crippen LogP contribution in [0.2, 0.25) is 0 Å². The molecule has 2 aliphatic rings. The lowest BCUT2D eigenvalue weighted by Gasteiger charge is -2.29. The maximum absolute atomic E-state index is 13.7. The Morgan fingerprint density at radius 2 is 1.66 bits per heavy atom. The fourth-order valence-corrected chi connectivity index (χ4v) is 4.94. The number of anilines is 1. The number of rotatable bonds is 7. The average molecular weight is 475 g/mol. The van der Waals surface area contributed by atoms with Crippen LogP contribution in [0.15, 0.2) is 59.6 Å². The molecule has 0 unspecified atom stereocenters. The van der Waals surface area contributed by atoms with Crippen molar-refractivity contribution in [3.05, 3.63) is 65.7 Å². The lowest BCUT2D eigenvalue weighted by Crippen LogP contribution is -2.54. The predicted octanol–water partition coefficient (Wildman–Crippen LogP) is 3.81. The molecule has 2 aromatic rings. The number of carbonyl (C=O) groups is 3. The van der Waals surface area contributed by atoms with Gasteiger partial charge in [-0.25, -0.2) is 4.99 Å². The Bertz CT molecular complexity index is 1110. The molecule has 7 heteroatoms. The molecule has 7 nitrogen and oxygen atoms in total. The van der Waals surface area contributed by atoms with Gasteiger partial charge in [-0.05, 0) is 45.6 Å². The van der Waals surface area contributed by atoms with Crippen molar-refractivity contribution in [3.63, 3.8) is 0 Å². The second kappa shape index (κ2) is 10.8. The third-order valence-electron chi connectivity index (χ3n) is 6.71. The van der Waals surface area contributed by atoms with Crippen molar-refractivity contribution in [1.82, 2.24) is 10.6 Å². The number of carbonyl (C=O) groups excluding carboxylic acids is 3. The van der Waals surface area contributed by atoms with E-state index in [2.05, 4.69) is 10.6 Å². The van der Waals surface area contributed by atoms with E-state index in [1.54, 1.807) is 11.8 Å². The van der Waals surface area contributed by atoms with Crippen LogP contribution in [0.4, 0.5) is 5.69 Å². The van der Waals surface area contributed by atoms with E-state index >= 15 is 0 Å². The van der Waals surface area contributed by atoms with Crippen molar-refractivity contribution in [2.75, 3.05) is 4.90 Å². The number of nitrogens with zero attached hydrogens (tertiary/aromatic N) is 2. The first-order valence-electron chi connectivity index (χ1n) is 12.5. The van der Waals surface area contributed by atoms with Crippen molar-refractivity contribution < 1.29 is 14.4 Å². The van der Waals surface area contributed by atoms with Crippen molar-refractivity contribution in [1.29, 1.82) is 0 Å². The molecule has 2 atom stereocenters. The largest absolute Gasteiger partial charge is 0.345 e. The molecule has 0 saturated heterocycles. The molecule has 35 heavy (non-hydrogen) atoms. The highest BCUT2D eigenvalue weighted by atomic mass is 16.2. The zero-order valence-corrected chi connectivity index (χ0v) is 20.7. The molecule has 2 N–H and O–H groups in total. The van der Waals surface area contributed by atoms with E-state index in [-0.39, 0.29) is 17.9 Å². The van der Waals surface area contributed by atoms with Crippen LogP contribution in [0.3, 0.4) is 0 Å². The van der Waals surface area contributed by atoms with Crippen LogP contribution < -0.4 is 15.5 Å². The maximum atomic E-state index is 13.7. The summed E-state index contributed by atoms with van der Waals surface area (Å²) in [7, 11) is 0. The Morgan fingerprint density at radius 1 is 1.00 bits per heavy atom. The molecular formula is C28H34N4O3. The lowest BCUT2D eigenvalue weighted by atomic mass is 10.00. The molecule has 1 fully saturated rings. The highest BCUT2D eigenvalue weighted by molar-refractivity contribution is 6.20. The van der Waals surface area contributed by atoms with Crippen LogP contribution in [0, 0.1) is 5.92 Å². The van der Waals surface area contributed by atoms with Crippen LogP contribution in [0.1, 0.15) is 64.0 Å². The second-order valence-corrected chi connectivity index (χ2v) is 9.72. The van der Waals surface area contributed by atoms with Gasteiger partial charge in [-0.3, -0.25) is 14.4 Å². The van der Waals surface area contributed by atoms with E-state index in [9.17, 15) is 14.4 Å². The Labute approximate surface area is 207 Å². The summed E-state index contributed by atoms with van der Waals surface area (Å²) in [5, 5.41) is 5.59. The third-order valence-corrected chi connectivity index (χ3v) is 6.71. The molecule has 1 heterocycles. The molecule has 4 rings (SSSR count). The number of nitrogens with one attached hydrogen (secondary N) is 2. The second-order valence-electron chi connectivity index (χ2n) is 9.72. The smallest absolute Gasteiger partial charge is 0.272 e. The van der Waals surface area contributed by atoms with Gasteiger partial charge in [-0.1, -0.05) is 61.4 Å². The molecule has 0 spiro atoms. The van der Waals surface area contributed by atoms with Crippen molar-refractivity contribution in [2.45, 2.75) is 71.1 Å². The minimum Gasteiger partial charge on any atom is -0.345 e. The number of benzene rings is 2. The quantitative estimate of drug-likeness (QED) is 0.639. The fourth-order valence-electron chi connectivity index (χ4n) is 4.94. The van der Waals surface area contributed by atoms with Gasteiger partial charge in [-0.2, -0.15) is 0 Å². The molecule has 1 saturated carbocycles. The normalized spacial score (nSPS) is 19.1. The predicted molar refractivity (Wildman–Crippen MR) is 137 cm³/mol. The number of hydrogen-bond acceptors (Lipinski definition) is 4. The van der Waals surface area contributed by atoms with Crippen molar-refractivity contribution in [3.8, 4) is 0 Å². The van der Waals surface area contributed by atoms with Crippen LogP contribution >= 0.6 is 0 Å². The highest BCUT2D eigenvalue weighted by Crippen LogP contribution is 2.30. The van der Waals surface area contributed by atoms with Gasteiger partial charge in [0, 0.05) is 23.6 Å². The topological polar surface area (TPSA) is 90.9 Å². The molecule has 0 aromatic heterocycles. The van der Waals surface area contributed by atoms with Crippen LogP contribution in [0.5, 0.6) is 0 Å². The van der Waals surface area contributed by atoms with Gasteiger partial charge < -0.3 is 15.5 Å². The standard InChI is InChI=1S/C28H34N4O3/c1-18(2)32-23-16-10-9-15-22(23)25(21-13-5-4-6-14-21)30-26(28(32)35)31-27(34)19(3)29-24(33)17-20-11-7-8-12-20/h4-6,9-10,13-16,18-20,26H,7-8,11-12,17H2,1-3H3,(H,29,33)(H,31,34)/t19-,26+/m0/s1. The molecule has 0 radical (unpaired) electrons. The first-order valence-corrected chi connectivity index (χ1v) is 12.5. The molecule has 1 aliphatic carbocycles. The summed E-state index contributed by atoms with van der Waals surface area (Å²) in [4.78, 5) is 45.6. The number of aliphatic imine (C=N–C) groups is 1.